The lowest BCUT2D eigenvalue weighted by atomic mass is 10.1. The zero-order chi connectivity index (χ0) is 25.1. The summed E-state index contributed by atoms with van der Waals surface area (Å²) in [7, 11) is 4.67. The van der Waals surface area contributed by atoms with Crippen LogP contribution in [0.25, 0.3) is 5.69 Å². The maximum Gasteiger partial charge on any atom is 0.257 e. The molecule has 0 spiro atoms. The molecule has 0 unspecified atom stereocenters. The number of carbonyl (C=O) groups is 2. The van der Waals surface area contributed by atoms with Crippen LogP contribution in [0.5, 0.6) is 17.2 Å². The zero-order valence-corrected chi connectivity index (χ0v) is 20.8. The Kier molecular flexibility index (Phi) is 7.00. The smallest absolute Gasteiger partial charge is 0.257 e. The quantitative estimate of drug-likeness (QED) is 0.538. The van der Waals surface area contributed by atoms with E-state index < -0.39 is 0 Å². The number of likely N-dealkylation sites (tertiary alicyclic amines) is 1. The van der Waals surface area contributed by atoms with Crippen molar-refractivity contribution in [2.75, 3.05) is 39.7 Å². The normalized spacial score (nSPS) is 13.0. The molecule has 1 aromatic heterocycles. The van der Waals surface area contributed by atoms with Gasteiger partial charge >= 0.3 is 0 Å². The fourth-order valence-corrected chi connectivity index (χ4v) is 4.56. The second kappa shape index (κ2) is 10.1. The van der Waals surface area contributed by atoms with Gasteiger partial charge in [-0.3, -0.25) is 9.59 Å². The highest BCUT2D eigenvalue weighted by molar-refractivity contribution is 6.10. The molecule has 4 rings (SSSR count). The highest BCUT2D eigenvalue weighted by Crippen LogP contribution is 2.35. The number of amides is 2. The SMILES string of the molecule is COc1ccc(-n2c(C)cc(C(=O)Nc3cc(OC)c(OC)cc3C(=O)N3CCCC3)c2C)cc1. The van der Waals surface area contributed by atoms with Gasteiger partial charge in [0.1, 0.15) is 5.75 Å². The Morgan fingerprint density at radius 2 is 1.46 bits per heavy atom. The molecule has 1 fully saturated rings. The first-order valence-electron chi connectivity index (χ1n) is 11.6. The maximum atomic E-state index is 13.4. The number of hydrogen-bond acceptors (Lipinski definition) is 5. The van der Waals surface area contributed by atoms with Crippen molar-refractivity contribution in [1.29, 1.82) is 0 Å². The van der Waals surface area contributed by atoms with Gasteiger partial charge in [0.05, 0.1) is 38.1 Å². The van der Waals surface area contributed by atoms with Crippen molar-refractivity contribution in [2.24, 2.45) is 0 Å². The van der Waals surface area contributed by atoms with Gasteiger partial charge < -0.3 is 29.0 Å². The van der Waals surface area contributed by atoms with E-state index in [1.165, 1.54) is 14.2 Å². The summed E-state index contributed by atoms with van der Waals surface area (Å²) in [6.45, 7) is 5.25. The van der Waals surface area contributed by atoms with Gasteiger partial charge in [0, 0.05) is 36.2 Å². The van der Waals surface area contributed by atoms with Crippen LogP contribution in [-0.2, 0) is 0 Å². The molecule has 35 heavy (non-hydrogen) atoms. The summed E-state index contributed by atoms with van der Waals surface area (Å²) in [4.78, 5) is 28.5. The first-order chi connectivity index (χ1) is 16.9. The average molecular weight is 478 g/mol. The van der Waals surface area contributed by atoms with Crippen molar-refractivity contribution >= 4 is 17.5 Å². The first kappa shape index (κ1) is 24.2. The van der Waals surface area contributed by atoms with Crippen molar-refractivity contribution < 1.29 is 23.8 Å². The number of aromatic nitrogens is 1. The number of nitrogens with one attached hydrogen (secondary N) is 1. The molecule has 3 aromatic rings. The second-order valence-electron chi connectivity index (χ2n) is 8.52. The molecule has 184 valence electrons. The number of anilines is 1. The highest BCUT2D eigenvalue weighted by Gasteiger charge is 2.26. The zero-order valence-electron chi connectivity index (χ0n) is 20.8. The molecule has 8 heteroatoms. The summed E-state index contributed by atoms with van der Waals surface area (Å²) in [5.74, 6) is 1.19. The van der Waals surface area contributed by atoms with E-state index in [-0.39, 0.29) is 11.8 Å². The molecule has 0 aliphatic carbocycles. The maximum absolute atomic E-state index is 13.4. The molecule has 0 bridgehead atoms. The van der Waals surface area contributed by atoms with Crippen LogP contribution in [-0.4, -0.2) is 55.7 Å². The lowest BCUT2D eigenvalue weighted by Crippen LogP contribution is -2.29. The van der Waals surface area contributed by atoms with Crippen LogP contribution in [0.4, 0.5) is 5.69 Å². The van der Waals surface area contributed by atoms with Gasteiger partial charge in [-0.1, -0.05) is 0 Å². The van der Waals surface area contributed by atoms with Gasteiger partial charge in [-0.2, -0.15) is 0 Å². The summed E-state index contributed by atoms with van der Waals surface area (Å²) in [6.07, 6.45) is 1.94. The molecule has 1 N–H and O–H groups in total. The van der Waals surface area contributed by atoms with Crippen molar-refractivity contribution in [3.05, 3.63) is 65.0 Å². The predicted molar refractivity (Wildman–Crippen MR) is 134 cm³/mol. The number of rotatable bonds is 7. The fraction of sp³-hybridized carbons (Fsp3) is 0.333. The van der Waals surface area contributed by atoms with Crippen LogP contribution in [0.3, 0.4) is 0 Å². The number of nitrogens with zero attached hydrogens (tertiary/aromatic N) is 2. The van der Waals surface area contributed by atoms with Gasteiger partial charge in [-0.25, -0.2) is 0 Å². The molecule has 1 saturated heterocycles. The molecule has 1 aliphatic rings. The van der Waals surface area contributed by atoms with E-state index >= 15 is 0 Å². The standard InChI is InChI=1S/C27H31N3O5/c1-17-14-21(18(2)30(17)19-8-10-20(33-3)11-9-19)26(31)28-23-16-25(35-5)24(34-4)15-22(23)27(32)29-12-6-7-13-29/h8-11,14-16H,6-7,12-13H2,1-5H3,(H,28,31). The lowest BCUT2D eigenvalue weighted by Gasteiger charge is -2.20. The molecule has 2 amide bonds. The van der Waals surface area contributed by atoms with Crippen LogP contribution in [0.15, 0.2) is 42.5 Å². The molecule has 2 heterocycles. The number of aryl methyl sites for hydroxylation is 1. The van der Waals surface area contributed by atoms with Crippen LogP contribution >= 0.6 is 0 Å². The second-order valence-corrected chi connectivity index (χ2v) is 8.52. The Labute approximate surface area is 205 Å². The molecule has 0 saturated carbocycles. The topological polar surface area (TPSA) is 82.0 Å². The third-order valence-electron chi connectivity index (χ3n) is 6.40. The van der Waals surface area contributed by atoms with Crippen molar-refractivity contribution in [3.8, 4) is 22.9 Å². The molecule has 2 aromatic carbocycles. The first-order valence-corrected chi connectivity index (χ1v) is 11.6. The minimum Gasteiger partial charge on any atom is -0.497 e. The van der Waals surface area contributed by atoms with E-state index in [1.807, 2.05) is 48.7 Å². The highest BCUT2D eigenvalue weighted by atomic mass is 16.5. The molecule has 0 atom stereocenters. The molecular formula is C27H31N3O5. The van der Waals surface area contributed by atoms with Crippen LogP contribution in [0.1, 0.15) is 44.9 Å². The third kappa shape index (κ3) is 4.69. The Morgan fingerprint density at radius 3 is 2.06 bits per heavy atom. The van der Waals surface area contributed by atoms with Crippen molar-refractivity contribution in [2.45, 2.75) is 26.7 Å². The number of methoxy groups -OCH3 is 3. The fourth-order valence-electron chi connectivity index (χ4n) is 4.56. The minimum absolute atomic E-state index is 0.137. The summed E-state index contributed by atoms with van der Waals surface area (Å²) in [5, 5.41) is 2.95. The molecule has 0 radical (unpaired) electrons. The summed E-state index contributed by atoms with van der Waals surface area (Å²) >= 11 is 0. The van der Waals surface area contributed by atoms with E-state index in [2.05, 4.69) is 5.32 Å². The molecular weight excluding hydrogens is 446 g/mol. The summed E-state index contributed by atoms with van der Waals surface area (Å²) < 4.78 is 18.1. The Morgan fingerprint density at radius 1 is 0.829 bits per heavy atom. The van der Waals surface area contributed by atoms with Crippen LogP contribution < -0.4 is 19.5 Å². The van der Waals surface area contributed by atoms with Crippen molar-refractivity contribution in [3.63, 3.8) is 0 Å². The van der Waals surface area contributed by atoms with Gasteiger partial charge in [-0.05, 0) is 63.1 Å². The number of benzene rings is 2. The summed E-state index contributed by atoms with van der Waals surface area (Å²) in [6, 6.07) is 12.8. The van der Waals surface area contributed by atoms with E-state index in [1.54, 1.807) is 24.1 Å². The largest absolute Gasteiger partial charge is 0.497 e. The summed E-state index contributed by atoms with van der Waals surface area (Å²) in [5.41, 5.74) is 3.92. The minimum atomic E-state index is -0.305. The average Bonchev–Trinajstić information content (AvgIpc) is 3.51. The Hall–Kier alpha value is -3.94. The van der Waals surface area contributed by atoms with E-state index in [0.717, 1.165) is 35.7 Å². The number of ether oxygens (including phenoxy) is 3. The molecule has 1 aliphatic heterocycles. The van der Waals surface area contributed by atoms with E-state index in [9.17, 15) is 9.59 Å². The lowest BCUT2D eigenvalue weighted by molar-refractivity contribution is 0.0793. The Bertz CT molecular complexity index is 1240. The van der Waals surface area contributed by atoms with Crippen LogP contribution in [0, 0.1) is 13.8 Å². The van der Waals surface area contributed by atoms with E-state index in [0.29, 0.717) is 41.4 Å². The van der Waals surface area contributed by atoms with Crippen LogP contribution in [0.2, 0.25) is 0 Å². The monoisotopic (exact) mass is 477 g/mol. The van der Waals surface area contributed by atoms with Gasteiger partial charge in [0.15, 0.2) is 11.5 Å². The predicted octanol–water partition coefficient (Wildman–Crippen LogP) is 4.61. The number of hydrogen-bond donors (Lipinski definition) is 1. The van der Waals surface area contributed by atoms with Gasteiger partial charge in [-0.15, -0.1) is 0 Å². The third-order valence-corrected chi connectivity index (χ3v) is 6.40. The Balaban J connectivity index is 1.69. The van der Waals surface area contributed by atoms with E-state index in [4.69, 9.17) is 14.2 Å². The van der Waals surface area contributed by atoms with Crippen molar-refractivity contribution in [1.82, 2.24) is 9.47 Å². The van der Waals surface area contributed by atoms with Gasteiger partial charge in [0.2, 0.25) is 0 Å². The molecule has 8 nitrogen and oxygen atoms in total. The van der Waals surface area contributed by atoms with Gasteiger partial charge in [0.25, 0.3) is 11.8 Å². The number of carbonyl (C=O) groups excluding carboxylic acids is 2.